The highest BCUT2D eigenvalue weighted by atomic mass is 16.5. The molecule has 0 aliphatic rings. The van der Waals surface area contributed by atoms with Gasteiger partial charge in [-0.1, -0.05) is 13.8 Å². The Labute approximate surface area is 120 Å². The predicted octanol–water partition coefficient (Wildman–Crippen LogP) is 2.20. The molecular weight excluding hydrogens is 256 g/mol. The van der Waals surface area contributed by atoms with Crippen LogP contribution in [0.3, 0.4) is 0 Å². The third-order valence-corrected chi connectivity index (χ3v) is 3.30. The number of rotatable bonds is 5. The Morgan fingerprint density at radius 3 is 2.40 bits per heavy atom. The van der Waals surface area contributed by atoms with Gasteiger partial charge in [0, 0.05) is 19.3 Å². The molecule has 112 valence electrons. The van der Waals surface area contributed by atoms with Gasteiger partial charge in [-0.3, -0.25) is 4.79 Å². The zero-order valence-corrected chi connectivity index (χ0v) is 13.2. The Hall–Kier alpha value is -1.78. The first-order valence-corrected chi connectivity index (χ1v) is 6.92. The van der Waals surface area contributed by atoms with E-state index in [-0.39, 0.29) is 5.91 Å². The van der Waals surface area contributed by atoms with Crippen LogP contribution >= 0.6 is 0 Å². The lowest BCUT2D eigenvalue weighted by atomic mass is 10.1. The molecule has 0 saturated heterocycles. The molecule has 0 atom stereocenters. The van der Waals surface area contributed by atoms with Crippen molar-refractivity contribution < 1.29 is 14.3 Å². The van der Waals surface area contributed by atoms with Crippen LogP contribution in [0.5, 0.6) is 0 Å². The molecule has 1 aromatic rings. The van der Waals surface area contributed by atoms with Gasteiger partial charge in [0.2, 0.25) is 0 Å². The number of hydrogen-bond donors (Lipinski definition) is 1. The monoisotopic (exact) mass is 280 g/mol. The minimum Gasteiger partial charge on any atom is -0.461 e. The highest BCUT2D eigenvalue weighted by molar-refractivity contribution is 6.01. The van der Waals surface area contributed by atoms with Crippen molar-refractivity contribution in [3.8, 4) is 0 Å². The lowest BCUT2D eigenvalue weighted by Gasteiger charge is -2.08. The zero-order chi connectivity index (χ0) is 15.4. The molecule has 0 unspecified atom stereocenters. The van der Waals surface area contributed by atoms with Crippen molar-refractivity contribution in [3.05, 3.63) is 22.5 Å². The van der Waals surface area contributed by atoms with Gasteiger partial charge in [-0.15, -0.1) is 0 Å². The van der Waals surface area contributed by atoms with E-state index in [1.54, 1.807) is 25.5 Å². The maximum Gasteiger partial charge on any atom is 0.355 e. The van der Waals surface area contributed by atoms with Crippen LogP contribution in [0.25, 0.3) is 0 Å². The molecular formula is C15H24N2O3. The summed E-state index contributed by atoms with van der Waals surface area (Å²) in [5.41, 5.74) is 2.45. The minimum atomic E-state index is -0.390. The summed E-state index contributed by atoms with van der Waals surface area (Å²) in [7, 11) is 1.77. The molecule has 20 heavy (non-hydrogen) atoms. The molecule has 0 aliphatic carbocycles. The number of carbonyl (C=O) groups is 2. The molecule has 5 heteroatoms. The number of esters is 1. The maximum atomic E-state index is 12.3. The predicted molar refractivity (Wildman–Crippen MR) is 78.0 cm³/mol. The lowest BCUT2D eigenvalue weighted by molar-refractivity contribution is 0.0514. The first-order chi connectivity index (χ1) is 9.31. The lowest BCUT2D eigenvalue weighted by Crippen LogP contribution is -2.28. The van der Waals surface area contributed by atoms with Crippen molar-refractivity contribution in [2.45, 2.75) is 34.6 Å². The molecule has 0 bridgehead atoms. The van der Waals surface area contributed by atoms with Gasteiger partial charge >= 0.3 is 5.97 Å². The van der Waals surface area contributed by atoms with Crippen LogP contribution in [0.2, 0.25) is 0 Å². The number of nitrogens with one attached hydrogen (secondary N) is 1. The normalized spacial score (nSPS) is 10.8. The fourth-order valence-electron chi connectivity index (χ4n) is 2.19. The van der Waals surface area contributed by atoms with Crippen LogP contribution in [0, 0.1) is 19.8 Å². The molecule has 1 N–H and O–H groups in total. The van der Waals surface area contributed by atoms with Crippen LogP contribution in [-0.4, -0.2) is 29.6 Å². The smallest absolute Gasteiger partial charge is 0.355 e. The van der Waals surface area contributed by atoms with Crippen molar-refractivity contribution >= 4 is 11.9 Å². The van der Waals surface area contributed by atoms with Crippen LogP contribution in [-0.2, 0) is 11.8 Å². The van der Waals surface area contributed by atoms with Crippen molar-refractivity contribution in [2.75, 3.05) is 13.2 Å². The van der Waals surface area contributed by atoms with E-state index in [1.165, 1.54) is 0 Å². The zero-order valence-electron chi connectivity index (χ0n) is 13.2. The van der Waals surface area contributed by atoms with Gasteiger partial charge in [0.05, 0.1) is 12.2 Å². The fourth-order valence-corrected chi connectivity index (χ4v) is 2.19. The van der Waals surface area contributed by atoms with E-state index in [9.17, 15) is 9.59 Å². The standard InChI is InChI=1S/C15H24N2O3/c1-7-20-15(19)13-10(4)12(11(5)17(13)6)14(18)16-8-9(2)3/h9H,7-8H2,1-6H3,(H,16,18). The topological polar surface area (TPSA) is 60.3 Å². The van der Waals surface area contributed by atoms with E-state index in [4.69, 9.17) is 4.74 Å². The average Bonchev–Trinajstić information content (AvgIpc) is 2.58. The molecule has 5 nitrogen and oxygen atoms in total. The fraction of sp³-hybridized carbons (Fsp3) is 0.600. The molecule has 0 fully saturated rings. The SMILES string of the molecule is CCOC(=O)c1c(C)c(C(=O)NCC(C)C)c(C)n1C. The largest absolute Gasteiger partial charge is 0.461 e. The van der Waals surface area contributed by atoms with E-state index in [2.05, 4.69) is 5.32 Å². The minimum absolute atomic E-state index is 0.139. The average molecular weight is 280 g/mol. The number of amides is 1. The molecule has 0 radical (unpaired) electrons. The molecule has 1 amide bonds. The van der Waals surface area contributed by atoms with Crippen molar-refractivity contribution in [1.29, 1.82) is 0 Å². The second-order valence-electron chi connectivity index (χ2n) is 5.32. The van der Waals surface area contributed by atoms with Gasteiger partial charge in [0.15, 0.2) is 0 Å². The first kappa shape index (κ1) is 16.3. The second kappa shape index (κ2) is 6.59. The van der Waals surface area contributed by atoms with E-state index in [0.29, 0.717) is 35.9 Å². The van der Waals surface area contributed by atoms with Gasteiger partial charge in [-0.05, 0) is 32.3 Å². The summed E-state index contributed by atoms with van der Waals surface area (Å²) < 4.78 is 6.76. The summed E-state index contributed by atoms with van der Waals surface area (Å²) in [4.78, 5) is 24.2. The van der Waals surface area contributed by atoms with Gasteiger partial charge in [-0.25, -0.2) is 4.79 Å². The van der Waals surface area contributed by atoms with Crippen LogP contribution < -0.4 is 5.32 Å². The Morgan fingerprint density at radius 2 is 1.90 bits per heavy atom. The number of aromatic nitrogens is 1. The summed E-state index contributed by atoms with van der Waals surface area (Å²) in [6.45, 7) is 10.4. The van der Waals surface area contributed by atoms with Gasteiger partial charge in [0.25, 0.3) is 5.91 Å². The Balaban J connectivity index is 3.13. The third kappa shape index (κ3) is 3.21. The summed E-state index contributed by atoms with van der Waals surface area (Å²) in [5.74, 6) is -0.147. The van der Waals surface area contributed by atoms with E-state index in [0.717, 1.165) is 5.69 Å². The summed E-state index contributed by atoms with van der Waals surface area (Å²) in [6, 6.07) is 0. The highest BCUT2D eigenvalue weighted by Crippen LogP contribution is 2.22. The third-order valence-electron chi connectivity index (χ3n) is 3.30. The maximum absolute atomic E-state index is 12.3. The number of carbonyl (C=O) groups excluding carboxylic acids is 2. The van der Waals surface area contributed by atoms with Crippen molar-refractivity contribution in [2.24, 2.45) is 13.0 Å². The molecule has 0 aromatic carbocycles. The molecule has 0 aliphatic heterocycles. The summed E-state index contributed by atoms with van der Waals surface area (Å²) in [5, 5.41) is 2.89. The molecule has 0 spiro atoms. The van der Waals surface area contributed by atoms with Crippen LogP contribution in [0.15, 0.2) is 0 Å². The van der Waals surface area contributed by atoms with Gasteiger partial charge < -0.3 is 14.6 Å². The quantitative estimate of drug-likeness (QED) is 0.841. The van der Waals surface area contributed by atoms with Gasteiger partial charge in [-0.2, -0.15) is 0 Å². The Morgan fingerprint density at radius 1 is 1.30 bits per heavy atom. The first-order valence-electron chi connectivity index (χ1n) is 6.92. The molecule has 1 aromatic heterocycles. The Kier molecular flexibility index (Phi) is 5.36. The molecule has 1 rings (SSSR count). The number of hydrogen-bond acceptors (Lipinski definition) is 3. The van der Waals surface area contributed by atoms with Crippen molar-refractivity contribution in [3.63, 3.8) is 0 Å². The Bertz CT molecular complexity index is 516. The van der Waals surface area contributed by atoms with E-state index in [1.807, 2.05) is 20.8 Å². The van der Waals surface area contributed by atoms with Gasteiger partial charge in [0.1, 0.15) is 5.69 Å². The van der Waals surface area contributed by atoms with E-state index >= 15 is 0 Å². The highest BCUT2D eigenvalue weighted by Gasteiger charge is 2.25. The molecule has 1 heterocycles. The summed E-state index contributed by atoms with van der Waals surface area (Å²) >= 11 is 0. The van der Waals surface area contributed by atoms with Crippen LogP contribution in [0.4, 0.5) is 0 Å². The van der Waals surface area contributed by atoms with Crippen LogP contribution in [0.1, 0.15) is 52.9 Å². The van der Waals surface area contributed by atoms with Crippen molar-refractivity contribution in [1.82, 2.24) is 9.88 Å². The number of ether oxygens (including phenoxy) is 1. The molecule has 0 saturated carbocycles. The second-order valence-corrected chi connectivity index (χ2v) is 5.32. The summed E-state index contributed by atoms with van der Waals surface area (Å²) in [6.07, 6.45) is 0. The van der Waals surface area contributed by atoms with E-state index < -0.39 is 5.97 Å². The number of nitrogens with zero attached hydrogens (tertiary/aromatic N) is 1.